The van der Waals surface area contributed by atoms with E-state index in [-0.39, 0.29) is 24.7 Å². The van der Waals surface area contributed by atoms with Gasteiger partial charge in [0.15, 0.2) is 0 Å². The first kappa shape index (κ1) is 11.4. The Hall–Kier alpha value is -0.650. The number of hydrogen-bond acceptors (Lipinski definition) is 4. The predicted octanol–water partition coefficient (Wildman–Crippen LogP) is -1.18. The van der Waals surface area contributed by atoms with E-state index in [0.717, 1.165) is 13.1 Å². The van der Waals surface area contributed by atoms with Crippen LogP contribution < -0.4 is 5.32 Å². The normalized spacial score (nSPS) is 18.8. The molecule has 1 rings (SSSR count). The van der Waals surface area contributed by atoms with Gasteiger partial charge in [-0.25, -0.2) is 0 Å². The fourth-order valence-corrected chi connectivity index (χ4v) is 1.20. The molecule has 2 N–H and O–H groups in total. The van der Waals surface area contributed by atoms with Gasteiger partial charge < -0.3 is 20.1 Å². The van der Waals surface area contributed by atoms with Crippen molar-refractivity contribution in [3.63, 3.8) is 0 Å². The van der Waals surface area contributed by atoms with E-state index >= 15 is 0 Å². The summed E-state index contributed by atoms with van der Waals surface area (Å²) < 4.78 is 5.46. The van der Waals surface area contributed by atoms with Crippen molar-refractivity contribution in [1.29, 1.82) is 0 Å². The molecule has 1 heterocycles. The van der Waals surface area contributed by atoms with E-state index in [1.165, 1.54) is 4.90 Å². The van der Waals surface area contributed by atoms with Crippen molar-refractivity contribution in [3.8, 4) is 0 Å². The SMILES string of the molecule is CN(CCO)C(=O)COC1(C)CNC1. The fourth-order valence-electron chi connectivity index (χ4n) is 1.20. The van der Waals surface area contributed by atoms with Gasteiger partial charge in [0, 0.05) is 26.7 Å². The van der Waals surface area contributed by atoms with E-state index < -0.39 is 0 Å². The van der Waals surface area contributed by atoms with Gasteiger partial charge in [-0.05, 0) is 6.92 Å². The average molecular weight is 202 g/mol. The van der Waals surface area contributed by atoms with Gasteiger partial charge in [-0.1, -0.05) is 0 Å². The van der Waals surface area contributed by atoms with Crippen molar-refractivity contribution in [2.24, 2.45) is 0 Å². The van der Waals surface area contributed by atoms with Crippen LogP contribution in [0.3, 0.4) is 0 Å². The quantitative estimate of drug-likeness (QED) is 0.589. The fraction of sp³-hybridized carbons (Fsp3) is 0.889. The second kappa shape index (κ2) is 4.72. The van der Waals surface area contributed by atoms with Gasteiger partial charge in [-0.2, -0.15) is 0 Å². The number of carbonyl (C=O) groups excluding carboxylic acids is 1. The molecule has 1 fully saturated rings. The highest BCUT2D eigenvalue weighted by molar-refractivity contribution is 5.77. The smallest absolute Gasteiger partial charge is 0.248 e. The van der Waals surface area contributed by atoms with E-state index in [0.29, 0.717) is 6.54 Å². The molecule has 0 atom stereocenters. The third kappa shape index (κ3) is 2.94. The first-order valence-electron chi connectivity index (χ1n) is 4.77. The largest absolute Gasteiger partial charge is 0.395 e. The van der Waals surface area contributed by atoms with E-state index in [2.05, 4.69) is 5.32 Å². The molecule has 5 heteroatoms. The van der Waals surface area contributed by atoms with Crippen molar-refractivity contribution < 1.29 is 14.6 Å². The molecule has 0 bridgehead atoms. The van der Waals surface area contributed by atoms with Crippen LogP contribution in [0.1, 0.15) is 6.92 Å². The zero-order valence-electron chi connectivity index (χ0n) is 8.75. The summed E-state index contributed by atoms with van der Waals surface area (Å²) in [6.07, 6.45) is 0. The van der Waals surface area contributed by atoms with Crippen LogP contribution in [0.15, 0.2) is 0 Å². The highest BCUT2D eigenvalue weighted by Crippen LogP contribution is 2.14. The molecule has 1 aliphatic heterocycles. The minimum atomic E-state index is -0.185. The van der Waals surface area contributed by atoms with Crippen LogP contribution in [0.5, 0.6) is 0 Å². The van der Waals surface area contributed by atoms with Crippen LogP contribution in [-0.4, -0.2) is 61.4 Å². The summed E-state index contributed by atoms with van der Waals surface area (Å²) in [7, 11) is 1.66. The Kier molecular flexibility index (Phi) is 3.86. The molecule has 0 aromatic heterocycles. The Bertz CT molecular complexity index is 204. The maximum Gasteiger partial charge on any atom is 0.248 e. The van der Waals surface area contributed by atoms with Crippen LogP contribution in [0.2, 0.25) is 0 Å². The number of nitrogens with one attached hydrogen (secondary N) is 1. The maximum atomic E-state index is 11.4. The Morgan fingerprint density at radius 1 is 1.64 bits per heavy atom. The van der Waals surface area contributed by atoms with Crippen molar-refractivity contribution in [3.05, 3.63) is 0 Å². The molecule has 1 aliphatic rings. The van der Waals surface area contributed by atoms with E-state index in [1.54, 1.807) is 7.05 Å². The Morgan fingerprint density at radius 3 is 2.71 bits per heavy atom. The topological polar surface area (TPSA) is 61.8 Å². The number of amides is 1. The predicted molar refractivity (Wildman–Crippen MR) is 51.9 cm³/mol. The summed E-state index contributed by atoms with van der Waals surface area (Å²) >= 11 is 0. The Balaban J connectivity index is 2.20. The van der Waals surface area contributed by atoms with Gasteiger partial charge in [-0.3, -0.25) is 4.79 Å². The van der Waals surface area contributed by atoms with Gasteiger partial charge >= 0.3 is 0 Å². The zero-order valence-corrected chi connectivity index (χ0v) is 8.75. The number of nitrogens with zero attached hydrogens (tertiary/aromatic N) is 1. The molecule has 14 heavy (non-hydrogen) atoms. The number of aliphatic hydroxyl groups is 1. The van der Waals surface area contributed by atoms with Gasteiger partial charge in [0.1, 0.15) is 6.61 Å². The first-order valence-corrected chi connectivity index (χ1v) is 4.77. The summed E-state index contributed by atoms with van der Waals surface area (Å²) in [6, 6.07) is 0. The van der Waals surface area contributed by atoms with Gasteiger partial charge in [0.25, 0.3) is 0 Å². The molecule has 0 unspecified atom stereocenters. The Morgan fingerprint density at radius 2 is 2.29 bits per heavy atom. The molecular formula is C9H18N2O3. The summed E-state index contributed by atoms with van der Waals surface area (Å²) in [5, 5.41) is 11.7. The molecule has 0 aromatic carbocycles. The molecule has 0 aromatic rings. The van der Waals surface area contributed by atoms with Crippen molar-refractivity contribution in [2.45, 2.75) is 12.5 Å². The molecule has 0 saturated carbocycles. The van der Waals surface area contributed by atoms with Gasteiger partial charge in [0.2, 0.25) is 5.91 Å². The van der Waals surface area contributed by atoms with Crippen LogP contribution in [0.4, 0.5) is 0 Å². The molecule has 1 amide bonds. The minimum Gasteiger partial charge on any atom is -0.395 e. The zero-order chi connectivity index (χ0) is 10.6. The monoisotopic (exact) mass is 202 g/mol. The molecule has 82 valence electrons. The molecule has 5 nitrogen and oxygen atoms in total. The maximum absolute atomic E-state index is 11.4. The summed E-state index contributed by atoms with van der Waals surface area (Å²) in [6.45, 7) is 4.00. The summed E-state index contributed by atoms with van der Waals surface area (Å²) in [4.78, 5) is 12.9. The van der Waals surface area contributed by atoms with Crippen LogP contribution >= 0.6 is 0 Å². The molecule has 0 aliphatic carbocycles. The van der Waals surface area contributed by atoms with Crippen molar-refractivity contribution in [2.75, 3.05) is 39.9 Å². The lowest BCUT2D eigenvalue weighted by molar-refractivity contribution is -0.145. The number of carbonyl (C=O) groups is 1. The van der Waals surface area contributed by atoms with Crippen LogP contribution in [0, 0.1) is 0 Å². The average Bonchev–Trinajstić information content (AvgIpc) is 2.11. The van der Waals surface area contributed by atoms with Crippen LogP contribution in [-0.2, 0) is 9.53 Å². The minimum absolute atomic E-state index is 0.0128. The van der Waals surface area contributed by atoms with Gasteiger partial charge in [-0.15, -0.1) is 0 Å². The van der Waals surface area contributed by atoms with Crippen molar-refractivity contribution >= 4 is 5.91 Å². The van der Waals surface area contributed by atoms with E-state index in [4.69, 9.17) is 9.84 Å². The Labute approximate surface area is 84.0 Å². The van der Waals surface area contributed by atoms with E-state index in [9.17, 15) is 4.79 Å². The van der Waals surface area contributed by atoms with Crippen molar-refractivity contribution in [1.82, 2.24) is 10.2 Å². The molecule has 0 radical (unpaired) electrons. The second-order valence-corrected chi connectivity index (χ2v) is 3.88. The number of aliphatic hydroxyl groups excluding tert-OH is 1. The van der Waals surface area contributed by atoms with Gasteiger partial charge in [0.05, 0.1) is 12.2 Å². The van der Waals surface area contributed by atoms with Crippen LogP contribution in [0.25, 0.3) is 0 Å². The number of ether oxygens (including phenoxy) is 1. The molecule has 0 spiro atoms. The lowest BCUT2D eigenvalue weighted by Crippen LogP contribution is -2.59. The second-order valence-electron chi connectivity index (χ2n) is 3.88. The summed E-state index contributed by atoms with van der Waals surface area (Å²) in [5.41, 5.74) is -0.185. The lowest BCUT2D eigenvalue weighted by Gasteiger charge is -2.39. The number of likely N-dealkylation sites (N-methyl/N-ethyl adjacent to an activating group) is 1. The number of rotatable bonds is 5. The third-order valence-electron chi connectivity index (χ3n) is 2.40. The standard InChI is InChI=1S/C9H18N2O3/c1-9(6-10-7-9)14-5-8(13)11(2)3-4-12/h10,12H,3-7H2,1-2H3. The highest BCUT2D eigenvalue weighted by Gasteiger charge is 2.33. The number of hydrogen-bond donors (Lipinski definition) is 2. The summed E-state index contributed by atoms with van der Waals surface area (Å²) in [5.74, 6) is -0.0906. The third-order valence-corrected chi connectivity index (χ3v) is 2.40. The van der Waals surface area contributed by atoms with E-state index in [1.807, 2.05) is 6.92 Å². The lowest BCUT2D eigenvalue weighted by atomic mass is 10.0. The highest BCUT2D eigenvalue weighted by atomic mass is 16.5. The molecular weight excluding hydrogens is 184 g/mol. The molecule has 1 saturated heterocycles. The first-order chi connectivity index (χ1) is 6.57.